The van der Waals surface area contributed by atoms with Crippen LogP contribution in [0.4, 0.5) is 0 Å². The minimum Gasteiger partial charge on any atom is -0.366 e. The van der Waals surface area contributed by atoms with Gasteiger partial charge in [-0.05, 0) is 45.6 Å². The summed E-state index contributed by atoms with van der Waals surface area (Å²) in [5.41, 5.74) is 5.89. The fourth-order valence-corrected chi connectivity index (χ4v) is 2.01. The second-order valence-corrected chi connectivity index (χ2v) is 4.11. The Morgan fingerprint density at radius 1 is 1.36 bits per heavy atom. The van der Waals surface area contributed by atoms with Gasteiger partial charge in [-0.3, -0.25) is 4.79 Å². The van der Waals surface area contributed by atoms with Crippen molar-refractivity contribution in [3.8, 4) is 0 Å². The average Bonchev–Trinajstić information content (AvgIpc) is 2.19. The van der Waals surface area contributed by atoms with Crippen LogP contribution in [0, 0.1) is 5.92 Å². The van der Waals surface area contributed by atoms with Crippen LogP contribution in [-0.4, -0.2) is 19.0 Å². The Balaban J connectivity index is 2.42. The van der Waals surface area contributed by atoms with Crippen LogP contribution in [0.25, 0.3) is 0 Å². The Morgan fingerprint density at radius 3 is 2.36 bits per heavy atom. The van der Waals surface area contributed by atoms with E-state index in [0.29, 0.717) is 17.5 Å². The molecule has 1 aliphatic rings. The van der Waals surface area contributed by atoms with Crippen molar-refractivity contribution in [1.29, 1.82) is 0 Å². The predicted molar refractivity (Wildman–Crippen MR) is 57.8 cm³/mol. The number of allylic oxidation sites excluding steroid dienone is 1. The number of carbonyl (C=O) groups is 1. The van der Waals surface area contributed by atoms with E-state index in [1.54, 1.807) is 6.92 Å². The van der Waals surface area contributed by atoms with Crippen molar-refractivity contribution in [1.82, 2.24) is 5.32 Å². The first kappa shape index (κ1) is 11.2. The second-order valence-electron chi connectivity index (χ2n) is 4.11. The summed E-state index contributed by atoms with van der Waals surface area (Å²) >= 11 is 0. The fraction of sp³-hybridized carbons (Fsp3) is 0.727. The van der Waals surface area contributed by atoms with Crippen LogP contribution >= 0.6 is 0 Å². The Kier molecular flexibility index (Phi) is 4.14. The highest BCUT2D eigenvalue weighted by molar-refractivity contribution is 5.91. The molecule has 1 amide bonds. The Bertz CT molecular complexity index is 227. The van der Waals surface area contributed by atoms with Crippen LogP contribution in [-0.2, 0) is 4.79 Å². The first-order valence-corrected chi connectivity index (χ1v) is 5.29. The molecule has 3 heteroatoms. The highest BCUT2D eigenvalue weighted by atomic mass is 16.1. The molecule has 0 aliphatic heterocycles. The Morgan fingerprint density at radius 2 is 1.93 bits per heavy atom. The molecule has 0 atom stereocenters. The molecular weight excluding hydrogens is 176 g/mol. The molecule has 0 aromatic carbocycles. The summed E-state index contributed by atoms with van der Waals surface area (Å²) in [6, 6.07) is 0.661. The van der Waals surface area contributed by atoms with Crippen LogP contribution in [0.2, 0.25) is 0 Å². The lowest BCUT2D eigenvalue weighted by atomic mass is 9.85. The molecule has 80 valence electrons. The molecule has 0 unspecified atom stereocenters. The van der Waals surface area contributed by atoms with Gasteiger partial charge in [-0.15, -0.1) is 0 Å². The molecule has 1 rings (SSSR count). The third-order valence-corrected chi connectivity index (χ3v) is 3.05. The lowest BCUT2D eigenvalue weighted by Gasteiger charge is -2.26. The SMILES string of the molecule is CNC1CCC(C=C(C)C(N)=O)CC1. The highest BCUT2D eigenvalue weighted by Crippen LogP contribution is 2.25. The largest absolute Gasteiger partial charge is 0.366 e. The highest BCUT2D eigenvalue weighted by Gasteiger charge is 2.18. The van der Waals surface area contributed by atoms with E-state index in [0.717, 1.165) is 12.8 Å². The molecule has 1 saturated carbocycles. The number of primary amides is 1. The summed E-state index contributed by atoms with van der Waals surface area (Å²) in [6.45, 7) is 1.80. The maximum atomic E-state index is 10.8. The number of nitrogens with two attached hydrogens (primary N) is 1. The van der Waals surface area contributed by atoms with E-state index in [4.69, 9.17) is 5.73 Å². The average molecular weight is 196 g/mol. The summed E-state index contributed by atoms with van der Waals surface area (Å²) in [5, 5.41) is 3.29. The molecular formula is C11H20N2O. The van der Waals surface area contributed by atoms with Crippen LogP contribution in [0.3, 0.4) is 0 Å². The van der Waals surface area contributed by atoms with Gasteiger partial charge in [0.2, 0.25) is 5.91 Å². The molecule has 0 radical (unpaired) electrons. The molecule has 0 saturated heterocycles. The molecule has 0 aromatic heterocycles. The monoisotopic (exact) mass is 196 g/mol. The number of amides is 1. The zero-order chi connectivity index (χ0) is 10.6. The van der Waals surface area contributed by atoms with Crippen molar-refractivity contribution in [2.75, 3.05) is 7.05 Å². The normalized spacial score (nSPS) is 28.9. The van der Waals surface area contributed by atoms with Gasteiger partial charge < -0.3 is 11.1 Å². The number of hydrogen-bond donors (Lipinski definition) is 2. The smallest absolute Gasteiger partial charge is 0.244 e. The quantitative estimate of drug-likeness (QED) is 0.666. The first-order valence-electron chi connectivity index (χ1n) is 5.29. The van der Waals surface area contributed by atoms with Crippen molar-refractivity contribution >= 4 is 5.91 Å². The van der Waals surface area contributed by atoms with E-state index >= 15 is 0 Å². The van der Waals surface area contributed by atoms with Crippen LogP contribution < -0.4 is 11.1 Å². The number of rotatable bonds is 3. The summed E-state index contributed by atoms with van der Waals surface area (Å²) in [6.07, 6.45) is 6.76. The van der Waals surface area contributed by atoms with Crippen molar-refractivity contribution in [2.45, 2.75) is 38.6 Å². The zero-order valence-corrected chi connectivity index (χ0v) is 9.05. The molecule has 3 nitrogen and oxygen atoms in total. The number of hydrogen-bond acceptors (Lipinski definition) is 2. The van der Waals surface area contributed by atoms with Gasteiger partial charge in [0.1, 0.15) is 0 Å². The van der Waals surface area contributed by atoms with Crippen molar-refractivity contribution in [3.63, 3.8) is 0 Å². The number of nitrogens with one attached hydrogen (secondary N) is 1. The summed E-state index contributed by atoms with van der Waals surface area (Å²) in [7, 11) is 2.01. The standard InChI is InChI=1S/C11H20N2O/c1-8(11(12)14)7-9-3-5-10(13-2)6-4-9/h7,9-10,13H,3-6H2,1-2H3,(H2,12,14). The van der Waals surface area contributed by atoms with E-state index in [2.05, 4.69) is 5.32 Å². The topological polar surface area (TPSA) is 55.1 Å². The van der Waals surface area contributed by atoms with Gasteiger partial charge in [-0.25, -0.2) is 0 Å². The second kappa shape index (κ2) is 5.15. The number of carbonyl (C=O) groups excluding carboxylic acids is 1. The van der Waals surface area contributed by atoms with Gasteiger partial charge in [0.25, 0.3) is 0 Å². The molecule has 1 fully saturated rings. The maximum Gasteiger partial charge on any atom is 0.244 e. The van der Waals surface area contributed by atoms with Crippen LogP contribution in [0.15, 0.2) is 11.6 Å². The van der Waals surface area contributed by atoms with Crippen molar-refractivity contribution < 1.29 is 4.79 Å². The zero-order valence-electron chi connectivity index (χ0n) is 9.05. The van der Waals surface area contributed by atoms with Crippen LogP contribution in [0.5, 0.6) is 0 Å². The minimum absolute atomic E-state index is 0.291. The molecule has 14 heavy (non-hydrogen) atoms. The van der Waals surface area contributed by atoms with Crippen molar-refractivity contribution in [2.24, 2.45) is 11.7 Å². The van der Waals surface area contributed by atoms with E-state index in [1.807, 2.05) is 13.1 Å². The van der Waals surface area contributed by atoms with Gasteiger partial charge in [0, 0.05) is 11.6 Å². The third kappa shape index (κ3) is 3.14. The Hall–Kier alpha value is -0.830. The lowest BCUT2D eigenvalue weighted by Crippen LogP contribution is -2.29. The van der Waals surface area contributed by atoms with Crippen molar-refractivity contribution in [3.05, 3.63) is 11.6 Å². The molecule has 0 aromatic rings. The maximum absolute atomic E-state index is 10.8. The fourth-order valence-electron chi connectivity index (χ4n) is 2.01. The van der Waals surface area contributed by atoms with E-state index in [-0.39, 0.29) is 5.91 Å². The van der Waals surface area contributed by atoms with Crippen LogP contribution in [0.1, 0.15) is 32.6 Å². The van der Waals surface area contributed by atoms with Gasteiger partial charge in [-0.2, -0.15) is 0 Å². The van der Waals surface area contributed by atoms with Gasteiger partial charge in [-0.1, -0.05) is 6.08 Å². The predicted octanol–water partition coefficient (Wildman–Crippen LogP) is 1.20. The summed E-state index contributed by atoms with van der Waals surface area (Å²) < 4.78 is 0. The molecule has 0 spiro atoms. The lowest BCUT2D eigenvalue weighted by molar-refractivity contribution is -0.114. The molecule has 3 N–H and O–H groups in total. The van der Waals surface area contributed by atoms with Gasteiger partial charge >= 0.3 is 0 Å². The van der Waals surface area contributed by atoms with Gasteiger partial charge in [0.05, 0.1) is 0 Å². The minimum atomic E-state index is -0.291. The summed E-state index contributed by atoms with van der Waals surface area (Å²) in [4.78, 5) is 10.8. The molecule has 0 heterocycles. The Labute approximate surface area is 85.7 Å². The van der Waals surface area contributed by atoms with E-state index < -0.39 is 0 Å². The molecule has 1 aliphatic carbocycles. The first-order chi connectivity index (χ1) is 6.63. The van der Waals surface area contributed by atoms with E-state index in [9.17, 15) is 4.79 Å². The third-order valence-electron chi connectivity index (χ3n) is 3.05. The summed E-state index contributed by atoms with van der Waals surface area (Å²) in [5.74, 6) is 0.257. The van der Waals surface area contributed by atoms with Gasteiger partial charge in [0.15, 0.2) is 0 Å². The van der Waals surface area contributed by atoms with E-state index in [1.165, 1.54) is 12.8 Å². The molecule has 0 bridgehead atoms.